The number of rotatable bonds is 9. The van der Waals surface area contributed by atoms with E-state index in [4.69, 9.17) is 14.0 Å². The Morgan fingerprint density at radius 2 is 1.77 bits per heavy atom. The van der Waals surface area contributed by atoms with Crippen LogP contribution < -0.4 is 0 Å². The van der Waals surface area contributed by atoms with E-state index < -0.39 is 21.8 Å². The highest BCUT2D eigenvalue weighted by Crippen LogP contribution is 2.50. The van der Waals surface area contributed by atoms with Crippen molar-refractivity contribution in [2.45, 2.75) is 44.3 Å². The Balaban J connectivity index is 1.62. The van der Waals surface area contributed by atoms with E-state index in [0.29, 0.717) is 18.4 Å². The van der Waals surface area contributed by atoms with Crippen LogP contribution >= 0.6 is 0 Å². The minimum absolute atomic E-state index is 0.0693. The summed E-state index contributed by atoms with van der Waals surface area (Å²) in [6, 6.07) is 4.12. The van der Waals surface area contributed by atoms with Crippen molar-refractivity contribution in [3.05, 3.63) is 34.4 Å². The van der Waals surface area contributed by atoms with Gasteiger partial charge in [0.25, 0.3) is 10.1 Å². The monoisotopic (exact) mass is 446 g/mol. The number of ether oxygens (including phenoxy) is 2. The standard InChI is InChI=1S/C20H29B3O7S/c21-8-11-3-14(9-22)17(10-23)16(4-11)20(25)30-18-7-12-5-13(18)6-15(12)19(24)29-1-2-31(26,27)28/h3-4,12-13,15,18H,1-2,5-10,21-23H2,(H,26,27,28). The van der Waals surface area contributed by atoms with Gasteiger partial charge in [-0.2, -0.15) is 8.42 Å². The van der Waals surface area contributed by atoms with Gasteiger partial charge < -0.3 is 9.47 Å². The molecule has 2 fully saturated rings. The summed E-state index contributed by atoms with van der Waals surface area (Å²) in [6.45, 7) is -0.350. The number of carbonyl (C=O) groups excluding carboxylic acids is 2. The van der Waals surface area contributed by atoms with Crippen LogP contribution in [0.4, 0.5) is 0 Å². The van der Waals surface area contributed by atoms with Crippen molar-refractivity contribution < 1.29 is 32.0 Å². The van der Waals surface area contributed by atoms with Crippen molar-refractivity contribution in [2.24, 2.45) is 17.8 Å². The lowest BCUT2D eigenvalue weighted by Gasteiger charge is -2.27. The molecule has 11 heteroatoms. The molecular formula is C20H29B3O7S. The summed E-state index contributed by atoms with van der Waals surface area (Å²) in [4.78, 5) is 25.3. The van der Waals surface area contributed by atoms with Gasteiger partial charge in [0.1, 0.15) is 42.0 Å². The van der Waals surface area contributed by atoms with Crippen LogP contribution in [-0.2, 0) is 43.3 Å². The molecular weight excluding hydrogens is 417 g/mol. The van der Waals surface area contributed by atoms with E-state index in [1.807, 2.05) is 13.9 Å². The molecule has 4 unspecified atom stereocenters. The zero-order valence-electron chi connectivity index (χ0n) is 18.4. The molecule has 2 saturated carbocycles. The second-order valence-electron chi connectivity index (χ2n) is 8.57. The maximum atomic E-state index is 13.0. The van der Waals surface area contributed by atoms with E-state index in [1.54, 1.807) is 0 Å². The first kappa shape index (κ1) is 23.9. The Labute approximate surface area is 186 Å². The highest BCUT2D eigenvalue weighted by molar-refractivity contribution is 7.85. The summed E-state index contributed by atoms with van der Waals surface area (Å²) in [7, 11) is 2.06. The molecule has 1 aromatic carbocycles. The maximum Gasteiger partial charge on any atom is 0.338 e. The lowest BCUT2D eigenvalue weighted by atomic mass is 9.81. The minimum atomic E-state index is -4.15. The largest absolute Gasteiger partial charge is 0.464 e. The first-order valence-corrected chi connectivity index (χ1v) is 12.7. The third-order valence-electron chi connectivity index (χ3n) is 6.70. The van der Waals surface area contributed by atoms with Crippen LogP contribution in [0.3, 0.4) is 0 Å². The van der Waals surface area contributed by atoms with E-state index in [2.05, 4.69) is 21.8 Å². The molecule has 7 nitrogen and oxygen atoms in total. The molecule has 0 aliphatic heterocycles. The van der Waals surface area contributed by atoms with Gasteiger partial charge in [-0.15, -0.1) is 0 Å². The Morgan fingerprint density at radius 1 is 1.03 bits per heavy atom. The zero-order valence-corrected chi connectivity index (χ0v) is 19.2. The fourth-order valence-corrected chi connectivity index (χ4v) is 5.42. The Bertz CT molecular complexity index is 950. The second-order valence-corrected chi connectivity index (χ2v) is 10.1. The number of esters is 2. The van der Waals surface area contributed by atoms with Gasteiger partial charge in [0.2, 0.25) is 0 Å². The molecule has 0 spiro atoms. The summed E-state index contributed by atoms with van der Waals surface area (Å²) in [5, 5.41) is 0. The Kier molecular flexibility index (Phi) is 7.57. The van der Waals surface area contributed by atoms with Crippen LogP contribution in [0.2, 0.25) is 0 Å². The van der Waals surface area contributed by atoms with Crippen LogP contribution in [0, 0.1) is 17.8 Å². The van der Waals surface area contributed by atoms with E-state index >= 15 is 0 Å². The average molecular weight is 446 g/mol. The molecule has 4 atom stereocenters. The van der Waals surface area contributed by atoms with Gasteiger partial charge in [-0.1, -0.05) is 36.2 Å². The molecule has 0 heterocycles. The fourth-order valence-electron chi connectivity index (χ4n) is 5.13. The number of benzene rings is 1. The quantitative estimate of drug-likeness (QED) is 0.298. The molecule has 1 aromatic rings. The molecule has 2 aliphatic rings. The molecule has 2 aliphatic carbocycles. The minimum Gasteiger partial charge on any atom is -0.464 e. The van der Waals surface area contributed by atoms with Gasteiger partial charge in [0.05, 0.1) is 11.5 Å². The molecule has 3 rings (SSSR count). The van der Waals surface area contributed by atoms with Crippen LogP contribution in [0.15, 0.2) is 12.1 Å². The van der Waals surface area contributed by atoms with Crippen molar-refractivity contribution in [1.82, 2.24) is 0 Å². The van der Waals surface area contributed by atoms with Crippen LogP contribution in [0.1, 0.15) is 46.3 Å². The highest BCUT2D eigenvalue weighted by atomic mass is 32.2. The number of hydrogen-bond donors (Lipinski definition) is 1. The van der Waals surface area contributed by atoms with Gasteiger partial charge in [0.15, 0.2) is 0 Å². The van der Waals surface area contributed by atoms with E-state index in [1.165, 1.54) is 5.56 Å². The summed E-state index contributed by atoms with van der Waals surface area (Å²) < 4.78 is 41.2. The molecule has 0 amide bonds. The summed E-state index contributed by atoms with van der Waals surface area (Å²) >= 11 is 0. The molecule has 0 radical (unpaired) electrons. The lowest BCUT2D eigenvalue weighted by molar-refractivity contribution is -0.150. The van der Waals surface area contributed by atoms with Crippen LogP contribution in [-0.4, -0.2) is 66.9 Å². The smallest absolute Gasteiger partial charge is 0.338 e. The average Bonchev–Trinajstić information content (AvgIpc) is 3.32. The number of carbonyl (C=O) groups is 2. The second kappa shape index (κ2) is 9.82. The number of fused-ring (bicyclic) bond motifs is 2. The predicted molar refractivity (Wildman–Crippen MR) is 124 cm³/mol. The maximum absolute atomic E-state index is 13.0. The summed E-state index contributed by atoms with van der Waals surface area (Å²) in [6.07, 6.45) is 4.27. The lowest BCUT2D eigenvalue weighted by Crippen LogP contribution is -2.32. The number of hydrogen-bond acceptors (Lipinski definition) is 6. The van der Waals surface area contributed by atoms with Gasteiger partial charge in [-0.05, 0) is 42.7 Å². The van der Waals surface area contributed by atoms with Crippen molar-refractivity contribution in [3.8, 4) is 0 Å². The highest BCUT2D eigenvalue weighted by Gasteiger charge is 2.50. The molecule has 0 aromatic heterocycles. The summed E-state index contributed by atoms with van der Waals surface area (Å²) in [5.41, 5.74) is 4.02. The van der Waals surface area contributed by atoms with E-state index in [0.717, 1.165) is 36.5 Å². The first-order chi connectivity index (χ1) is 14.7. The van der Waals surface area contributed by atoms with Gasteiger partial charge in [-0.3, -0.25) is 9.35 Å². The Hall–Kier alpha value is -1.74. The van der Waals surface area contributed by atoms with E-state index in [9.17, 15) is 18.0 Å². The van der Waals surface area contributed by atoms with Crippen LogP contribution in [0.25, 0.3) is 0 Å². The van der Waals surface area contributed by atoms with Crippen LogP contribution in [0.5, 0.6) is 0 Å². The predicted octanol–water partition coefficient (Wildman–Crippen LogP) is -0.912. The van der Waals surface area contributed by atoms with E-state index in [-0.39, 0.29) is 36.4 Å². The van der Waals surface area contributed by atoms with Gasteiger partial charge >= 0.3 is 11.9 Å². The van der Waals surface area contributed by atoms with Crippen molar-refractivity contribution in [3.63, 3.8) is 0 Å². The summed E-state index contributed by atoms with van der Waals surface area (Å²) in [5.74, 6) is -1.44. The van der Waals surface area contributed by atoms with Gasteiger partial charge in [0, 0.05) is 0 Å². The third kappa shape index (κ3) is 5.55. The third-order valence-corrected chi connectivity index (χ3v) is 7.39. The molecule has 1 N–H and O–H groups in total. The SMILES string of the molecule is BCc1cc(CB)c(CB)c(C(=O)OC2CC3CC2CC3C(=O)OCCS(=O)(=O)O)c1. The zero-order chi connectivity index (χ0) is 22.8. The van der Waals surface area contributed by atoms with Crippen molar-refractivity contribution >= 4 is 45.6 Å². The topological polar surface area (TPSA) is 107 Å². The molecule has 0 saturated heterocycles. The molecule has 166 valence electrons. The molecule has 2 bridgehead atoms. The Morgan fingerprint density at radius 3 is 2.32 bits per heavy atom. The van der Waals surface area contributed by atoms with Gasteiger partial charge in [-0.25, -0.2) is 4.79 Å². The first-order valence-electron chi connectivity index (χ1n) is 11.1. The fraction of sp³-hybridized carbons (Fsp3) is 0.600. The van der Waals surface area contributed by atoms with Crippen molar-refractivity contribution in [2.75, 3.05) is 12.4 Å². The molecule has 31 heavy (non-hydrogen) atoms. The van der Waals surface area contributed by atoms with Crippen molar-refractivity contribution in [1.29, 1.82) is 0 Å². The normalized spacial score (nSPS) is 24.8.